The van der Waals surface area contributed by atoms with Crippen molar-refractivity contribution in [3.8, 4) is 11.1 Å². The SMILES string of the molecule is Cc1cc2cn[nH]c2cc1-c1cc(N)cc2c(N)c(C(N)=O)cnc12. The van der Waals surface area contributed by atoms with Crippen molar-refractivity contribution >= 4 is 39.1 Å². The number of aromatic nitrogens is 3. The van der Waals surface area contributed by atoms with Crippen LogP contribution in [-0.4, -0.2) is 21.1 Å². The van der Waals surface area contributed by atoms with E-state index in [1.165, 1.54) is 6.20 Å². The van der Waals surface area contributed by atoms with E-state index >= 15 is 0 Å². The molecule has 7 nitrogen and oxygen atoms in total. The largest absolute Gasteiger partial charge is 0.399 e. The zero-order valence-electron chi connectivity index (χ0n) is 13.5. The summed E-state index contributed by atoms with van der Waals surface area (Å²) in [5.41, 5.74) is 23.0. The summed E-state index contributed by atoms with van der Waals surface area (Å²) in [6.07, 6.45) is 3.18. The number of carbonyl (C=O) groups excluding carboxylic acids is 1. The van der Waals surface area contributed by atoms with Gasteiger partial charge in [-0.1, -0.05) is 0 Å². The third-order valence-corrected chi connectivity index (χ3v) is 4.38. The Labute approximate surface area is 142 Å². The minimum Gasteiger partial charge on any atom is -0.399 e. The van der Waals surface area contributed by atoms with E-state index in [0.717, 1.165) is 27.6 Å². The van der Waals surface area contributed by atoms with Crippen LogP contribution in [0.3, 0.4) is 0 Å². The summed E-state index contributed by atoms with van der Waals surface area (Å²) in [6.45, 7) is 2.01. The lowest BCUT2D eigenvalue weighted by Gasteiger charge is -2.13. The van der Waals surface area contributed by atoms with E-state index < -0.39 is 5.91 Å². The van der Waals surface area contributed by atoms with Crippen LogP contribution in [0.15, 0.2) is 36.7 Å². The molecule has 0 unspecified atom stereocenters. The molecule has 4 aromatic rings. The number of H-pyrrole nitrogens is 1. The van der Waals surface area contributed by atoms with E-state index in [2.05, 4.69) is 15.2 Å². The fraction of sp³-hybridized carbons (Fsp3) is 0.0556. The summed E-state index contributed by atoms with van der Waals surface area (Å²) >= 11 is 0. The molecule has 0 aliphatic rings. The smallest absolute Gasteiger partial charge is 0.252 e. The highest BCUT2D eigenvalue weighted by atomic mass is 16.1. The zero-order valence-corrected chi connectivity index (χ0v) is 13.5. The maximum Gasteiger partial charge on any atom is 0.252 e. The molecule has 0 fully saturated rings. The first-order valence-electron chi connectivity index (χ1n) is 7.67. The Morgan fingerprint density at radius 1 is 1.08 bits per heavy atom. The number of amides is 1. The molecule has 2 aromatic heterocycles. The Morgan fingerprint density at radius 2 is 1.88 bits per heavy atom. The first-order valence-corrected chi connectivity index (χ1v) is 7.67. The number of fused-ring (bicyclic) bond motifs is 2. The molecule has 25 heavy (non-hydrogen) atoms. The van der Waals surface area contributed by atoms with Crippen LogP contribution in [0.5, 0.6) is 0 Å². The summed E-state index contributed by atoms with van der Waals surface area (Å²) in [7, 11) is 0. The van der Waals surface area contributed by atoms with E-state index in [9.17, 15) is 4.79 Å². The van der Waals surface area contributed by atoms with Crippen molar-refractivity contribution in [3.05, 3.63) is 47.8 Å². The number of rotatable bonds is 2. The van der Waals surface area contributed by atoms with Crippen LogP contribution in [0, 0.1) is 6.92 Å². The van der Waals surface area contributed by atoms with Gasteiger partial charge in [0, 0.05) is 28.2 Å². The van der Waals surface area contributed by atoms with Crippen molar-refractivity contribution in [2.45, 2.75) is 6.92 Å². The first kappa shape index (κ1) is 14.9. The molecule has 4 rings (SSSR count). The summed E-state index contributed by atoms with van der Waals surface area (Å²) in [5, 5.41) is 8.67. The highest BCUT2D eigenvalue weighted by Crippen LogP contribution is 2.36. The predicted molar refractivity (Wildman–Crippen MR) is 98.9 cm³/mol. The number of aryl methyl sites for hydroxylation is 1. The third-order valence-electron chi connectivity index (χ3n) is 4.38. The highest BCUT2D eigenvalue weighted by Gasteiger charge is 2.16. The molecule has 0 saturated heterocycles. The fourth-order valence-electron chi connectivity index (χ4n) is 3.14. The number of anilines is 2. The number of nitrogens with zero attached hydrogens (tertiary/aromatic N) is 2. The topological polar surface area (TPSA) is 137 Å². The standard InChI is InChI=1S/C18H16N6O/c1-8-2-9-6-23-24-15(9)5-11(8)12-3-10(19)4-13-16(20)14(18(21)25)7-22-17(12)13/h2-7H,19H2,1H3,(H2,20,22)(H2,21,25)(H,23,24). The zero-order chi connectivity index (χ0) is 17.7. The number of nitrogens with two attached hydrogens (primary N) is 3. The third kappa shape index (κ3) is 2.25. The van der Waals surface area contributed by atoms with Crippen LogP contribution in [0.25, 0.3) is 32.9 Å². The van der Waals surface area contributed by atoms with Gasteiger partial charge in [-0.15, -0.1) is 0 Å². The summed E-state index contributed by atoms with van der Waals surface area (Å²) in [5.74, 6) is -0.620. The molecule has 0 radical (unpaired) electrons. The lowest BCUT2D eigenvalue weighted by atomic mass is 9.95. The Kier molecular flexibility index (Phi) is 3.11. The molecule has 2 aromatic carbocycles. The summed E-state index contributed by atoms with van der Waals surface area (Å²) in [4.78, 5) is 16.0. The second-order valence-corrected chi connectivity index (χ2v) is 6.04. The molecule has 2 heterocycles. The number of carbonyl (C=O) groups is 1. The Bertz CT molecular complexity index is 1160. The number of nitrogens with one attached hydrogen (secondary N) is 1. The van der Waals surface area contributed by atoms with Crippen LogP contribution in [0.2, 0.25) is 0 Å². The molecule has 0 aliphatic carbocycles. The van der Waals surface area contributed by atoms with Gasteiger partial charge in [-0.3, -0.25) is 14.9 Å². The van der Waals surface area contributed by atoms with E-state index in [1.807, 2.05) is 25.1 Å². The molecule has 1 amide bonds. The Morgan fingerprint density at radius 3 is 2.64 bits per heavy atom. The average Bonchev–Trinajstić information content (AvgIpc) is 3.01. The molecule has 7 N–H and O–H groups in total. The van der Waals surface area contributed by atoms with Crippen LogP contribution < -0.4 is 17.2 Å². The molecule has 7 heteroatoms. The molecule has 0 atom stereocenters. The van der Waals surface area contributed by atoms with Crippen LogP contribution in [-0.2, 0) is 0 Å². The van der Waals surface area contributed by atoms with Gasteiger partial charge >= 0.3 is 0 Å². The van der Waals surface area contributed by atoms with Gasteiger partial charge in [0.1, 0.15) is 0 Å². The van der Waals surface area contributed by atoms with Gasteiger partial charge in [0.25, 0.3) is 5.91 Å². The summed E-state index contributed by atoms with van der Waals surface area (Å²) < 4.78 is 0. The second-order valence-electron chi connectivity index (χ2n) is 6.04. The minimum absolute atomic E-state index is 0.185. The number of nitrogen functional groups attached to an aromatic ring is 2. The Hall–Kier alpha value is -3.61. The van der Waals surface area contributed by atoms with E-state index in [4.69, 9.17) is 17.2 Å². The number of benzene rings is 2. The molecule has 0 aliphatic heterocycles. The van der Waals surface area contributed by atoms with Crippen molar-refractivity contribution < 1.29 is 4.79 Å². The number of hydrogen-bond donors (Lipinski definition) is 4. The Balaban J connectivity index is 2.08. The second kappa shape index (κ2) is 5.20. The molecule has 0 saturated carbocycles. The number of hydrogen-bond acceptors (Lipinski definition) is 5. The van der Waals surface area contributed by atoms with Gasteiger partial charge in [0.15, 0.2) is 0 Å². The first-order chi connectivity index (χ1) is 12.0. The maximum absolute atomic E-state index is 11.5. The van der Waals surface area contributed by atoms with Gasteiger partial charge in [-0.25, -0.2) is 0 Å². The predicted octanol–water partition coefficient (Wildman–Crippen LogP) is 2.35. The van der Waals surface area contributed by atoms with Crippen molar-refractivity contribution in [2.75, 3.05) is 11.5 Å². The van der Waals surface area contributed by atoms with Gasteiger partial charge in [0.2, 0.25) is 0 Å². The van der Waals surface area contributed by atoms with Crippen LogP contribution >= 0.6 is 0 Å². The van der Waals surface area contributed by atoms with Crippen molar-refractivity contribution in [2.24, 2.45) is 5.73 Å². The van der Waals surface area contributed by atoms with E-state index in [-0.39, 0.29) is 11.3 Å². The highest BCUT2D eigenvalue weighted by molar-refractivity contribution is 6.10. The quantitative estimate of drug-likeness (QED) is 0.418. The maximum atomic E-state index is 11.5. The minimum atomic E-state index is -0.620. The van der Waals surface area contributed by atoms with Crippen molar-refractivity contribution in [1.82, 2.24) is 15.2 Å². The van der Waals surface area contributed by atoms with Gasteiger partial charge in [-0.2, -0.15) is 5.10 Å². The lowest BCUT2D eigenvalue weighted by molar-refractivity contribution is 0.100. The van der Waals surface area contributed by atoms with Crippen molar-refractivity contribution in [3.63, 3.8) is 0 Å². The fourth-order valence-corrected chi connectivity index (χ4v) is 3.14. The average molecular weight is 332 g/mol. The number of pyridine rings is 1. The van der Waals surface area contributed by atoms with Crippen LogP contribution in [0.1, 0.15) is 15.9 Å². The molecule has 124 valence electrons. The molecule has 0 spiro atoms. The monoisotopic (exact) mass is 332 g/mol. The molecule has 0 bridgehead atoms. The lowest BCUT2D eigenvalue weighted by Crippen LogP contribution is -2.14. The van der Waals surface area contributed by atoms with Gasteiger partial charge in [0.05, 0.1) is 28.5 Å². The van der Waals surface area contributed by atoms with E-state index in [0.29, 0.717) is 16.6 Å². The van der Waals surface area contributed by atoms with E-state index in [1.54, 1.807) is 12.3 Å². The molecular weight excluding hydrogens is 316 g/mol. The summed E-state index contributed by atoms with van der Waals surface area (Å²) in [6, 6.07) is 7.61. The van der Waals surface area contributed by atoms with Gasteiger partial charge in [-0.05, 0) is 42.3 Å². The van der Waals surface area contributed by atoms with Gasteiger partial charge < -0.3 is 17.2 Å². The number of primary amides is 1. The normalized spacial score (nSPS) is 11.2. The van der Waals surface area contributed by atoms with Crippen molar-refractivity contribution in [1.29, 1.82) is 0 Å². The molecular formula is C18H16N6O. The van der Waals surface area contributed by atoms with Crippen LogP contribution in [0.4, 0.5) is 11.4 Å². The number of aromatic amines is 1.